The monoisotopic (exact) mass is 553 g/mol. The molecule has 3 rings (SSSR count). The maximum Gasteiger partial charge on any atom is 0.439 e. The fourth-order valence-corrected chi connectivity index (χ4v) is 3.87. The Balaban J connectivity index is 2.34. The molecule has 3 aromatic rings. The fourth-order valence-electron chi connectivity index (χ4n) is 3.87. The predicted molar refractivity (Wildman–Crippen MR) is 148 cm³/mol. The molecule has 1 N–H and O–H groups in total. The second-order valence-electron chi connectivity index (χ2n) is 10.9. The van der Waals surface area contributed by atoms with Crippen molar-refractivity contribution in [2.75, 3.05) is 19.2 Å². The van der Waals surface area contributed by atoms with Crippen LogP contribution in [0, 0.1) is 0 Å². The molecule has 11 heteroatoms. The van der Waals surface area contributed by atoms with Crippen LogP contribution in [0.5, 0.6) is 11.5 Å². The fraction of sp³-hybridized carbons (Fsp3) is 0.379. The lowest BCUT2D eigenvalue weighted by atomic mass is 10.0. The maximum absolute atomic E-state index is 13.7. The molecule has 214 valence electrons. The van der Waals surface area contributed by atoms with Crippen molar-refractivity contribution in [3.05, 3.63) is 60.4 Å². The van der Waals surface area contributed by atoms with Crippen molar-refractivity contribution in [2.24, 2.45) is 0 Å². The summed E-state index contributed by atoms with van der Waals surface area (Å²) in [7, 11) is 2.87. The first kappa shape index (κ1) is 30.0. The minimum atomic E-state index is -1.61. The zero-order valence-electron chi connectivity index (χ0n) is 23.9. The molecule has 0 saturated carbocycles. The summed E-state index contributed by atoms with van der Waals surface area (Å²) >= 11 is 0. The average molecular weight is 554 g/mol. The summed E-state index contributed by atoms with van der Waals surface area (Å²) in [4.78, 5) is 44.4. The number of aromatic nitrogens is 1. The first-order chi connectivity index (χ1) is 18.6. The Hall–Kier alpha value is -4.54. The van der Waals surface area contributed by atoms with E-state index in [1.807, 2.05) is 0 Å². The molecule has 1 atom stereocenters. The number of amides is 2. The van der Waals surface area contributed by atoms with Gasteiger partial charge in [-0.3, -0.25) is 9.99 Å². The number of carboxylic acids is 1. The van der Waals surface area contributed by atoms with E-state index < -0.39 is 35.4 Å². The number of rotatable bonds is 7. The Bertz CT molecular complexity index is 1370. The van der Waals surface area contributed by atoms with E-state index in [0.29, 0.717) is 16.1 Å². The molecule has 0 aliphatic heterocycles. The molecule has 0 radical (unpaired) electrons. The standard InChI is InChI=1S/C29H35N3O8/c1-28(2,3)39-26(35)32(27(36)40-29(4,5)6)31(21-11-9-20-17-30-14-13-18(20)15-21)24(25(33)34)19-10-12-22(37-7)23(16-19)38-8/h9-17,24H,1-8H3,(H,33,34). The molecule has 0 spiro atoms. The molecule has 11 nitrogen and oxygen atoms in total. The number of fused-ring (bicyclic) bond motifs is 1. The number of carbonyl (C=O) groups is 3. The Morgan fingerprint density at radius 1 is 0.800 bits per heavy atom. The largest absolute Gasteiger partial charge is 0.493 e. The summed E-state index contributed by atoms with van der Waals surface area (Å²) in [5, 5.41) is 13.7. The van der Waals surface area contributed by atoms with E-state index in [0.717, 1.165) is 10.4 Å². The minimum absolute atomic E-state index is 0.192. The Morgan fingerprint density at radius 2 is 1.40 bits per heavy atom. The highest BCUT2D eigenvalue weighted by Gasteiger charge is 2.43. The van der Waals surface area contributed by atoms with Crippen molar-refractivity contribution in [1.29, 1.82) is 0 Å². The number of ether oxygens (including phenoxy) is 4. The second kappa shape index (κ2) is 11.7. The van der Waals surface area contributed by atoms with Gasteiger partial charge in [-0.2, -0.15) is 0 Å². The smallest absolute Gasteiger partial charge is 0.439 e. The molecule has 2 amide bonds. The zero-order chi connectivity index (χ0) is 29.8. The van der Waals surface area contributed by atoms with Gasteiger partial charge in [-0.25, -0.2) is 14.4 Å². The van der Waals surface area contributed by atoms with Gasteiger partial charge in [0.1, 0.15) is 11.2 Å². The van der Waals surface area contributed by atoms with Crippen molar-refractivity contribution >= 4 is 34.6 Å². The van der Waals surface area contributed by atoms with E-state index in [1.54, 1.807) is 84.3 Å². The van der Waals surface area contributed by atoms with Crippen molar-refractivity contribution in [1.82, 2.24) is 9.99 Å². The first-order valence-electron chi connectivity index (χ1n) is 12.5. The lowest BCUT2D eigenvalue weighted by molar-refractivity contribution is -0.139. The summed E-state index contributed by atoms with van der Waals surface area (Å²) in [6.45, 7) is 9.80. The number of hydrogen-bond acceptors (Lipinski definition) is 9. The summed E-state index contributed by atoms with van der Waals surface area (Å²) in [5.74, 6) is -0.729. The highest BCUT2D eigenvalue weighted by Crippen LogP contribution is 2.37. The lowest BCUT2D eigenvalue weighted by Crippen LogP contribution is -2.56. The number of hydrogen-bond donors (Lipinski definition) is 1. The van der Waals surface area contributed by atoms with Crippen LogP contribution in [0.1, 0.15) is 53.1 Å². The number of hydrazine groups is 1. The third-order valence-corrected chi connectivity index (χ3v) is 5.44. The number of pyridine rings is 1. The van der Waals surface area contributed by atoms with E-state index in [9.17, 15) is 19.5 Å². The van der Waals surface area contributed by atoms with Gasteiger partial charge in [0.2, 0.25) is 0 Å². The van der Waals surface area contributed by atoms with Gasteiger partial charge in [0, 0.05) is 17.8 Å². The molecule has 1 heterocycles. The third kappa shape index (κ3) is 7.10. The summed E-state index contributed by atoms with van der Waals surface area (Å²) in [6.07, 6.45) is 0.983. The molecule has 0 fully saturated rings. The molecule has 0 aliphatic carbocycles. The van der Waals surface area contributed by atoms with E-state index in [1.165, 1.54) is 26.4 Å². The first-order valence-corrected chi connectivity index (χ1v) is 12.5. The number of carbonyl (C=O) groups excluding carboxylic acids is 2. The number of benzene rings is 2. The van der Waals surface area contributed by atoms with Crippen molar-refractivity contribution in [3.8, 4) is 11.5 Å². The van der Waals surface area contributed by atoms with E-state index in [4.69, 9.17) is 18.9 Å². The number of aliphatic carboxylic acids is 1. The average Bonchev–Trinajstić information content (AvgIpc) is 2.85. The van der Waals surface area contributed by atoms with Crippen LogP contribution in [-0.2, 0) is 14.3 Å². The van der Waals surface area contributed by atoms with Gasteiger partial charge in [0.15, 0.2) is 17.5 Å². The summed E-state index contributed by atoms with van der Waals surface area (Å²) < 4.78 is 21.8. The number of anilines is 1. The van der Waals surface area contributed by atoms with Gasteiger partial charge in [-0.05, 0) is 82.8 Å². The highest BCUT2D eigenvalue weighted by molar-refractivity contribution is 5.94. The number of methoxy groups -OCH3 is 2. The van der Waals surface area contributed by atoms with E-state index in [-0.39, 0.29) is 17.0 Å². The topological polar surface area (TPSA) is 128 Å². The molecule has 0 bridgehead atoms. The van der Waals surface area contributed by atoms with Crippen LogP contribution >= 0.6 is 0 Å². The minimum Gasteiger partial charge on any atom is -0.493 e. The van der Waals surface area contributed by atoms with Crippen molar-refractivity contribution in [2.45, 2.75) is 58.8 Å². The Labute approximate surface area is 233 Å². The molecule has 1 unspecified atom stereocenters. The van der Waals surface area contributed by atoms with Gasteiger partial charge >= 0.3 is 18.2 Å². The normalized spacial score (nSPS) is 12.3. The van der Waals surface area contributed by atoms with Crippen LogP contribution < -0.4 is 14.5 Å². The maximum atomic E-state index is 13.7. The number of imide groups is 1. The van der Waals surface area contributed by atoms with Gasteiger partial charge in [0.05, 0.1) is 19.9 Å². The van der Waals surface area contributed by atoms with Crippen LogP contribution in [0.15, 0.2) is 54.9 Å². The SMILES string of the molecule is COc1ccc(C(C(=O)O)N(c2ccc3cnccc3c2)N(C(=O)OC(C)(C)C)C(=O)OC(C)(C)C)cc1OC. The molecular weight excluding hydrogens is 518 g/mol. The lowest BCUT2D eigenvalue weighted by Gasteiger charge is -2.39. The Kier molecular flexibility index (Phi) is 8.77. The molecule has 2 aromatic carbocycles. The summed E-state index contributed by atoms with van der Waals surface area (Å²) in [6, 6.07) is 9.59. The van der Waals surface area contributed by atoms with E-state index in [2.05, 4.69) is 4.98 Å². The van der Waals surface area contributed by atoms with Crippen molar-refractivity contribution in [3.63, 3.8) is 0 Å². The predicted octanol–water partition coefficient (Wildman–Crippen LogP) is 5.97. The summed E-state index contributed by atoms with van der Waals surface area (Å²) in [5.41, 5.74) is -1.63. The van der Waals surface area contributed by atoms with Crippen LogP contribution in [0.25, 0.3) is 10.8 Å². The van der Waals surface area contributed by atoms with Crippen LogP contribution in [-0.4, -0.2) is 58.7 Å². The van der Waals surface area contributed by atoms with Crippen LogP contribution in [0.4, 0.5) is 15.3 Å². The molecule has 0 aliphatic rings. The molecule has 40 heavy (non-hydrogen) atoms. The molecule has 1 aromatic heterocycles. The molecule has 0 saturated heterocycles. The number of nitrogens with zero attached hydrogens (tertiary/aromatic N) is 3. The van der Waals surface area contributed by atoms with Gasteiger partial charge < -0.3 is 24.1 Å². The van der Waals surface area contributed by atoms with Crippen molar-refractivity contribution < 1.29 is 38.4 Å². The van der Waals surface area contributed by atoms with Crippen LogP contribution in [0.2, 0.25) is 0 Å². The third-order valence-electron chi connectivity index (χ3n) is 5.44. The second-order valence-corrected chi connectivity index (χ2v) is 10.9. The van der Waals surface area contributed by atoms with Gasteiger partial charge in [0.25, 0.3) is 0 Å². The van der Waals surface area contributed by atoms with Gasteiger partial charge in [-0.15, -0.1) is 5.01 Å². The number of carboxylic acid groups (broad SMARTS) is 1. The quantitative estimate of drug-likeness (QED) is 0.349. The molecular formula is C29H35N3O8. The highest BCUT2D eigenvalue weighted by atomic mass is 16.6. The van der Waals surface area contributed by atoms with Crippen LogP contribution in [0.3, 0.4) is 0 Å². The van der Waals surface area contributed by atoms with Gasteiger partial charge in [-0.1, -0.05) is 12.1 Å². The zero-order valence-corrected chi connectivity index (χ0v) is 23.9. The Morgan fingerprint density at radius 3 is 1.93 bits per heavy atom. The van der Waals surface area contributed by atoms with E-state index >= 15 is 0 Å².